The first kappa shape index (κ1) is 20.2. The minimum absolute atomic E-state index is 0. The Morgan fingerprint density at radius 3 is 2.25 bits per heavy atom. The van der Waals surface area contributed by atoms with Crippen LogP contribution in [-0.4, -0.2) is 26.1 Å². The fourth-order valence-corrected chi connectivity index (χ4v) is 2.54. The zero-order valence-electron chi connectivity index (χ0n) is 14.1. The lowest BCUT2D eigenvalue weighted by atomic mass is 9.92. The maximum atomic E-state index is 4.24. The van der Waals surface area contributed by atoms with Crippen LogP contribution in [0.4, 0.5) is 0 Å². The number of nitrogens with one attached hydrogen (secondary N) is 2. The standard InChI is InChI=1S/C20H25N3.HI/c1-3-14-22-20(21-2)23-16-19(18-12-8-5-9-13-18)15-17-10-6-4-7-11-17;/h3-13,19H,1,14-16H2,2H3,(H2,21,22,23);1H. The Bertz CT molecular complexity index is 611. The molecular formula is C20H26IN3. The van der Waals surface area contributed by atoms with Crippen molar-refractivity contribution in [1.82, 2.24) is 10.6 Å². The predicted octanol–water partition coefficient (Wildman–Crippen LogP) is 3.98. The van der Waals surface area contributed by atoms with Crippen LogP contribution in [0, 0.1) is 0 Å². The molecule has 0 bridgehead atoms. The van der Waals surface area contributed by atoms with Gasteiger partial charge in [0.15, 0.2) is 5.96 Å². The van der Waals surface area contributed by atoms with E-state index in [0.717, 1.165) is 18.9 Å². The Morgan fingerprint density at radius 2 is 1.67 bits per heavy atom. The van der Waals surface area contributed by atoms with Crippen LogP contribution < -0.4 is 10.6 Å². The number of aliphatic imine (C=N–C) groups is 1. The van der Waals surface area contributed by atoms with Gasteiger partial charge in [0.1, 0.15) is 0 Å². The van der Waals surface area contributed by atoms with Crippen molar-refractivity contribution in [3.63, 3.8) is 0 Å². The summed E-state index contributed by atoms with van der Waals surface area (Å²) in [5, 5.41) is 6.62. The minimum Gasteiger partial charge on any atom is -0.356 e. The molecular weight excluding hydrogens is 409 g/mol. The summed E-state index contributed by atoms with van der Waals surface area (Å²) < 4.78 is 0. The maximum absolute atomic E-state index is 4.24. The van der Waals surface area contributed by atoms with E-state index in [1.807, 2.05) is 6.08 Å². The van der Waals surface area contributed by atoms with Gasteiger partial charge in [-0.05, 0) is 17.5 Å². The summed E-state index contributed by atoms with van der Waals surface area (Å²) in [6.45, 7) is 5.25. The highest BCUT2D eigenvalue weighted by molar-refractivity contribution is 14.0. The van der Waals surface area contributed by atoms with Gasteiger partial charge in [0.2, 0.25) is 0 Å². The molecule has 0 fully saturated rings. The van der Waals surface area contributed by atoms with Gasteiger partial charge < -0.3 is 10.6 Å². The first-order valence-corrected chi connectivity index (χ1v) is 7.97. The Labute approximate surface area is 162 Å². The van der Waals surface area contributed by atoms with Crippen molar-refractivity contribution in [2.24, 2.45) is 4.99 Å². The summed E-state index contributed by atoms with van der Waals surface area (Å²) in [4.78, 5) is 4.24. The van der Waals surface area contributed by atoms with Crippen LogP contribution in [0.15, 0.2) is 78.3 Å². The highest BCUT2D eigenvalue weighted by atomic mass is 127. The number of benzene rings is 2. The Hall–Kier alpha value is -1.82. The summed E-state index contributed by atoms with van der Waals surface area (Å²) in [5.74, 6) is 1.19. The highest BCUT2D eigenvalue weighted by Crippen LogP contribution is 2.20. The summed E-state index contributed by atoms with van der Waals surface area (Å²) in [6.07, 6.45) is 2.82. The number of halogens is 1. The lowest BCUT2D eigenvalue weighted by Crippen LogP contribution is -2.39. The molecule has 1 atom stereocenters. The van der Waals surface area contributed by atoms with Crippen LogP contribution in [-0.2, 0) is 6.42 Å². The third-order valence-corrected chi connectivity index (χ3v) is 3.75. The molecule has 0 heterocycles. The molecule has 2 N–H and O–H groups in total. The van der Waals surface area contributed by atoms with Gasteiger partial charge in [-0.15, -0.1) is 30.6 Å². The fourth-order valence-electron chi connectivity index (χ4n) is 2.54. The lowest BCUT2D eigenvalue weighted by molar-refractivity contribution is 0.647. The topological polar surface area (TPSA) is 36.4 Å². The average molecular weight is 435 g/mol. The number of hydrogen-bond donors (Lipinski definition) is 2. The van der Waals surface area contributed by atoms with Gasteiger partial charge in [-0.3, -0.25) is 4.99 Å². The van der Waals surface area contributed by atoms with Crippen LogP contribution in [0.25, 0.3) is 0 Å². The number of hydrogen-bond acceptors (Lipinski definition) is 1. The quantitative estimate of drug-likeness (QED) is 0.299. The Kier molecular flexibility index (Phi) is 9.84. The predicted molar refractivity (Wildman–Crippen MR) is 114 cm³/mol. The largest absolute Gasteiger partial charge is 0.356 e. The van der Waals surface area contributed by atoms with E-state index in [9.17, 15) is 0 Å². The van der Waals surface area contributed by atoms with Crippen LogP contribution >= 0.6 is 24.0 Å². The summed E-state index contributed by atoms with van der Waals surface area (Å²) in [7, 11) is 1.78. The molecule has 2 aromatic carbocycles. The molecule has 0 spiro atoms. The molecule has 0 aliphatic heterocycles. The van der Waals surface area contributed by atoms with Crippen LogP contribution in [0.3, 0.4) is 0 Å². The van der Waals surface area contributed by atoms with Crippen molar-refractivity contribution in [2.75, 3.05) is 20.1 Å². The second kappa shape index (κ2) is 11.7. The van der Waals surface area contributed by atoms with Gasteiger partial charge in [0, 0.05) is 26.1 Å². The van der Waals surface area contributed by atoms with Crippen molar-refractivity contribution in [3.05, 3.63) is 84.4 Å². The average Bonchev–Trinajstić information content (AvgIpc) is 2.62. The van der Waals surface area contributed by atoms with E-state index in [1.54, 1.807) is 7.05 Å². The molecule has 0 aliphatic rings. The van der Waals surface area contributed by atoms with Crippen molar-refractivity contribution in [2.45, 2.75) is 12.3 Å². The number of rotatable bonds is 7. The summed E-state index contributed by atoms with van der Waals surface area (Å²) >= 11 is 0. The molecule has 0 saturated heterocycles. The van der Waals surface area contributed by atoms with Gasteiger partial charge in [-0.2, -0.15) is 0 Å². The molecule has 0 aromatic heterocycles. The lowest BCUT2D eigenvalue weighted by Gasteiger charge is -2.20. The van der Waals surface area contributed by atoms with Crippen molar-refractivity contribution < 1.29 is 0 Å². The molecule has 0 aliphatic carbocycles. The van der Waals surface area contributed by atoms with E-state index in [4.69, 9.17) is 0 Å². The van der Waals surface area contributed by atoms with Crippen molar-refractivity contribution in [3.8, 4) is 0 Å². The molecule has 4 heteroatoms. The Morgan fingerprint density at radius 1 is 1.04 bits per heavy atom. The molecule has 2 aromatic rings. The molecule has 1 unspecified atom stereocenters. The van der Waals surface area contributed by atoms with E-state index >= 15 is 0 Å². The number of guanidine groups is 1. The van der Waals surface area contributed by atoms with Crippen molar-refractivity contribution in [1.29, 1.82) is 0 Å². The van der Waals surface area contributed by atoms with E-state index in [2.05, 4.69) is 82.9 Å². The van der Waals surface area contributed by atoms with Gasteiger partial charge in [-0.1, -0.05) is 66.7 Å². The first-order valence-electron chi connectivity index (χ1n) is 7.97. The Balaban J connectivity index is 0.00000288. The van der Waals surface area contributed by atoms with E-state index in [0.29, 0.717) is 12.5 Å². The summed E-state index contributed by atoms with van der Waals surface area (Å²) in [5.41, 5.74) is 2.68. The first-order chi connectivity index (χ1) is 11.3. The van der Waals surface area contributed by atoms with E-state index < -0.39 is 0 Å². The monoisotopic (exact) mass is 435 g/mol. The maximum Gasteiger partial charge on any atom is 0.191 e. The zero-order valence-corrected chi connectivity index (χ0v) is 16.4. The smallest absolute Gasteiger partial charge is 0.191 e. The molecule has 0 radical (unpaired) electrons. The molecule has 24 heavy (non-hydrogen) atoms. The third-order valence-electron chi connectivity index (χ3n) is 3.75. The fraction of sp³-hybridized carbons (Fsp3) is 0.250. The van der Waals surface area contributed by atoms with Crippen molar-refractivity contribution >= 4 is 29.9 Å². The van der Waals surface area contributed by atoms with Crippen LogP contribution in [0.1, 0.15) is 17.0 Å². The van der Waals surface area contributed by atoms with E-state index in [-0.39, 0.29) is 24.0 Å². The second-order valence-electron chi connectivity index (χ2n) is 5.42. The third kappa shape index (κ3) is 6.74. The number of nitrogens with zero attached hydrogens (tertiary/aromatic N) is 1. The molecule has 128 valence electrons. The van der Waals surface area contributed by atoms with E-state index in [1.165, 1.54) is 11.1 Å². The minimum atomic E-state index is 0. The van der Waals surface area contributed by atoms with Gasteiger partial charge in [0.25, 0.3) is 0 Å². The van der Waals surface area contributed by atoms with Gasteiger partial charge in [0.05, 0.1) is 0 Å². The van der Waals surface area contributed by atoms with Crippen LogP contribution in [0.5, 0.6) is 0 Å². The zero-order chi connectivity index (χ0) is 16.3. The molecule has 0 saturated carbocycles. The molecule has 2 rings (SSSR count). The molecule has 3 nitrogen and oxygen atoms in total. The van der Waals surface area contributed by atoms with Gasteiger partial charge in [-0.25, -0.2) is 0 Å². The second-order valence-corrected chi connectivity index (χ2v) is 5.42. The summed E-state index contributed by atoms with van der Waals surface area (Å²) in [6, 6.07) is 21.2. The highest BCUT2D eigenvalue weighted by Gasteiger charge is 2.13. The molecule has 0 amide bonds. The normalized spacial score (nSPS) is 12.0. The van der Waals surface area contributed by atoms with Gasteiger partial charge >= 0.3 is 0 Å². The SMILES string of the molecule is C=CCNC(=NC)NCC(Cc1ccccc1)c1ccccc1.I. The van der Waals surface area contributed by atoms with Crippen LogP contribution in [0.2, 0.25) is 0 Å².